The van der Waals surface area contributed by atoms with E-state index in [9.17, 15) is 4.79 Å². The lowest BCUT2D eigenvalue weighted by molar-refractivity contribution is -0.144. The molecule has 1 aromatic carbocycles. The first-order chi connectivity index (χ1) is 11.6. The van der Waals surface area contributed by atoms with E-state index in [1.807, 2.05) is 29.2 Å². The first kappa shape index (κ1) is 18.6. The largest absolute Gasteiger partial charge is 0.465 e. The highest BCUT2D eigenvalue weighted by atomic mass is 79.9. The molecule has 0 saturated heterocycles. The van der Waals surface area contributed by atoms with Gasteiger partial charge >= 0.3 is 5.97 Å². The van der Waals surface area contributed by atoms with Gasteiger partial charge < -0.3 is 13.9 Å². The van der Waals surface area contributed by atoms with Crippen molar-refractivity contribution in [1.29, 1.82) is 0 Å². The fourth-order valence-corrected chi connectivity index (χ4v) is 2.47. The Balaban J connectivity index is 2.04. The number of methoxy groups -OCH3 is 1. The molecule has 0 saturated carbocycles. The molecular weight excluding hydrogens is 378 g/mol. The number of nitrogens with zero attached hydrogens (tertiary/aromatic N) is 3. The summed E-state index contributed by atoms with van der Waals surface area (Å²) < 4.78 is 16.7. The van der Waals surface area contributed by atoms with Crippen molar-refractivity contribution in [3.05, 3.63) is 34.6 Å². The maximum absolute atomic E-state index is 11.7. The van der Waals surface area contributed by atoms with Gasteiger partial charge in [0.25, 0.3) is 0 Å². The summed E-state index contributed by atoms with van der Waals surface area (Å²) in [4.78, 5) is 13.5. The average Bonchev–Trinajstić information content (AvgIpc) is 3.01. The first-order valence-corrected chi connectivity index (χ1v) is 8.37. The minimum Gasteiger partial charge on any atom is -0.465 e. The molecule has 0 radical (unpaired) electrons. The van der Waals surface area contributed by atoms with Crippen molar-refractivity contribution < 1.29 is 18.7 Å². The van der Waals surface area contributed by atoms with Crippen LogP contribution in [0.2, 0.25) is 0 Å². The van der Waals surface area contributed by atoms with Crippen molar-refractivity contribution >= 4 is 21.9 Å². The Bertz CT molecular complexity index is 662. The number of esters is 1. The van der Waals surface area contributed by atoms with Crippen LogP contribution in [0.25, 0.3) is 11.5 Å². The summed E-state index contributed by atoms with van der Waals surface area (Å²) in [5.41, 5.74) is 0.831. The van der Waals surface area contributed by atoms with Crippen LogP contribution in [0.15, 0.2) is 33.2 Å². The third-order valence-electron chi connectivity index (χ3n) is 3.17. The molecule has 0 aliphatic rings. The van der Waals surface area contributed by atoms with Crippen molar-refractivity contribution in [2.75, 3.05) is 33.4 Å². The normalized spacial score (nSPS) is 11.0. The molecule has 7 nitrogen and oxygen atoms in total. The third-order valence-corrected chi connectivity index (χ3v) is 3.66. The van der Waals surface area contributed by atoms with E-state index in [0.29, 0.717) is 38.1 Å². The molecule has 0 aliphatic carbocycles. The number of carbonyl (C=O) groups is 1. The number of rotatable bonds is 9. The van der Waals surface area contributed by atoms with E-state index in [4.69, 9.17) is 13.9 Å². The smallest absolute Gasteiger partial charge is 0.320 e. The van der Waals surface area contributed by atoms with E-state index in [1.165, 1.54) is 0 Å². The summed E-state index contributed by atoms with van der Waals surface area (Å²) in [6, 6.07) is 7.61. The van der Waals surface area contributed by atoms with Crippen LogP contribution in [0.4, 0.5) is 0 Å². The quantitative estimate of drug-likeness (QED) is 0.601. The van der Waals surface area contributed by atoms with Crippen LogP contribution in [-0.2, 0) is 20.8 Å². The molecule has 0 amide bonds. The van der Waals surface area contributed by atoms with Crippen LogP contribution in [0, 0.1) is 0 Å². The lowest BCUT2D eigenvalue weighted by atomic mass is 10.2. The van der Waals surface area contributed by atoms with E-state index in [1.54, 1.807) is 14.0 Å². The second-order valence-electron chi connectivity index (χ2n) is 5.02. The second-order valence-corrected chi connectivity index (χ2v) is 5.94. The molecule has 2 aromatic rings. The maximum Gasteiger partial charge on any atom is 0.320 e. The standard InChI is InChI=1S/C16H20BrN3O4/c1-3-23-15(21)11-20(7-8-22-2)10-14-18-19-16(24-14)12-5-4-6-13(17)9-12/h4-6,9H,3,7-8,10-11H2,1-2H3. The van der Waals surface area contributed by atoms with Gasteiger partial charge in [-0.1, -0.05) is 22.0 Å². The number of hydrogen-bond acceptors (Lipinski definition) is 7. The molecule has 0 N–H and O–H groups in total. The molecule has 0 bridgehead atoms. The zero-order valence-corrected chi connectivity index (χ0v) is 15.3. The third kappa shape index (κ3) is 5.70. The van der Waals surface area contributed by atoms with Crippen LogP contribution in [0.1, 0.15) is 12.8 Å². The minimum absolute atomic E-state index is 0.145. The molecule has 1 heterocycles. The highest BCUT2D eigenvalue weighted by molar-refractivity contribution is 9.10. The molecular formula is C16H20BrN3O4. The van der Waals surface area contributed by atoms with E-state index >= 15 is 0 Å². The number of halogens is 1. The Morgan fingerprint density at radius 3 is 2.92 bits per heavy atom. The van der Waals surface area contributed by atoms with Gasteiger partial charge in [-0.3, -0.25) is 9.69 Å². The number of carbonyl (C=O) groups excluding carboxylic acids is 1. The first-order valence-electron chi connectivity index (χ1n) is 7.57. The molecule has 24 heavy (non-hydrogen) atoms. The summed E-state index contributed by atoms with van der Waals surface area (Å²) in [6.07, 6.45) is 0. The Kier molecular flexibility index (Phi) is 7.36. The number of aromatic nitrogens is 2. The van der Waals surface area contributed by atoms with Crippen LogP contribution < -0.4 is 0 Å². The summed E-state index contributed by atoms with van der Waals surface area (Å²) >= 11 is 3.41. The average molecular weight is 398 g/mol. The SMILES string of the molecule is CCOC(=O)CN(CCOC)Cc1nnc(-c2cccc(Br)c2)o1. The lowest BCUT2D eigenvalue weighted by Crippen LogP contribution is -2.33. The molecule has 0 atom stereocenters. The summed E-state index contributed by atoms with van der Waals surface area (Å²) in [6.45, 7) is 3.68. The molecule has 0 unspecified atom stereocenters. The topological polar surface area (TPSA) is 77.7 Å². The highest BCUT2D eigenvalue weighted by Gasteiger charge is 2.16. The van der Waals surface area contributed by atoms with E-state index in [0.717, 1.165) is 10.0 Å². The molecule has 1 aromatic heterocycles. The van der Waals surface area contributed by atoms with Crippen LogP contribution in [0.5, 0.6) is 0 Å². The van der Waals surface area contributed by atoms with Crippen LogP contribution >= 0.6 is 15.9 Å². The predicted molar refractivity (Wildman–Crippen MR) is 91.2 cm³/mol. The summed E-state index contributed by atoms with van der Waals surface area (Å²) in [7, 11) is 1.61. The van der Waals surface area contributed by atoms with Gasteiger partial charge in [0.2, 0.25) is 11.8 Å². The Hall–Kier alpha value is -1.77. The molecule has 0 aliphatic heterocycles. The van der Waals surface area contributed by atoms with Crippen molar-refractivity contribution in [3.8, 4) is 11.5 Å². The monoisotopic (exact) mass is 397 g/mol. The zero-order chi connectivity index (χ0) is 17.4. The minimum atomic E-state index is -0.291. The van der Waals surface area contributed by atoms with Gasteiger partial charge in [0.15, 0.2) is 0 Å². The maximum atomic E-state index is 11.7. The second kappa shape index (κ2) is 9.51. The lowest BCUT2D eigenvalue weighted by Gasteiger charge is -2.18. The highest BCUT2D eigenvalue weighted by Crippen LogP contribution is 2.22. The Morgan fingerprint density at radius 1 is 1.38 bits per heavy atom. The predicted octanol–water partition coefficient (Wildman–Crippen LogP) is 2.51. The van der Waals surface area contributed by atoms with Gasteiger partial charge in [-0.2, -0.15) is 0 Å². The van der Waals surface area contributed by atoms with Crippen molar-refractivity contribution in [3.63, 3.8) is 0 Å². The number of benzene rings is 1. The molecule has 0 fully saturated rings. The van der Waals surface area contributed by atoms with E-state index < -0.39 is 0 Å². The van der Waals surface area contributed by atoms with Gasteiger partial charge in [0.05, 0.1) is 26.3 Å². The molecule has 0 spiro atoms. The molecule has 130 valence electrons. The fraction of sp³-hybridized carbons (Fsp3) is 0.438. The Morgan fingerprint density at radius 2 is 2.21 bits per heavy atom. The van der Waals surface area contributed by atoms with Crippen molar-refractivity contribution in [2.24, 2.45) is 0 Å². The van der Waals surface area contributed by atoms with Crippen LogP contribution in [0.3, 0.4) is 0 Å². The number of hydrogen-bond donors (Lipinski definition) is 0. The van der Waals surface area contributed by atoms with Gasteiger partial charge in [0, 0.05) is 23.7 Å². The van der Waals surface area contributed by atoms with Gasteiger partial charge in [-0.15, -0.1) is 10.2 Å². The zero-order valence-electron chi connectivity index (χ0n) is 13.7. The van der Waals surface area contributed by atoms with Gasteiger partial charge in [-0.05, 0) is 25.1 Å². The summed E-state index contributed by atoms with van der Waals surface area (Å²) in [5, 5.41) is 8.12. The van der Waals surface area contributed by atoms with E-state index in [-0.39, 0.29) is 12.5 Å². The Labute approximate surface area is 149 Å². The van der Waals surface area contributed by atoms with Gasteiger partial charge in [-0.25, -0.2) is 0 Å². The van der Waals surface area contributed by atoms with E-state index in [2.05, 4.69) is 26.1 Å². The van der Waals surface area contributed by atoms with Crippen LogP contribution in [-0.4, -0.2) is 54.5 Å². The van der Waals surface area contributed by atoms with Crippen molar-refractivity contribution in [1.82, 2.24) is 15.1 Å². The van der Waals surface area contributed by atoms with Gasteiger partial charge in [0.1, 0.15) is 0 Å². The summed E-state index contributed by atoms with van der Waals surface area (Å²) in [5.74, 6) is 0.583. The number of ether oxygens (including phenoxy) is 2. The fourth-order valence-electron chi connectivity index (χ4n) is 2.07. The van der Waals surface area contributed by atoms with Crippen molar-refractivity contribution in [2.45, 2.75) is 13.5 Å². The molecule has 2 rings (SSSR count). The molecule has 8 heteroatoms.